The van der Waals surface area contributed by atoms with Gasteiger partial charge in [-0.05, 0) is 6.07 Å². The topological polar surface area (TPSA) is 108 Å². The number of likely N-dealkylation sites (tertiary alicyclic amines) is 1. The molecule has 0 aliphatic carbocycles. The van der Waals surface area contributed by atoms with E-state index in [2.05, 4.69) is 10.4 Å². The summed E-state index contributed by atoms with van der Waals surface area (Å²) < 4.78 is 1.61. The van der Waals surface area contributed by atoms with Crippen LogP contribution in [0.5, 0.6) is 0 Å². The Labute approximate surface area is 109 Å². The van der Waals surface area contributed by atoms with E-state index in [9.17, 15) is 14.7 Å². The molecule has 1 fully saturated rings. The zero-order chi connectivity index (χ0) is 14.0. The number of nitrogens with one attached hydrogen (secondary N) is 1. The van der Waals surface area contributed by atoms with Gasteiger partial charge in [-0.25, -0.2) is 9.59 Å². The van der Waals surface area contributed by atoms with E-state index in [0.717, 1.165) is 4.90 Å². The second-order valence-electron chi connectivity index (χ2n) is 4.54. The Hall–Kier alpha value is -2.09. The summed E-state index contributed by atoms with van der Waals surface area (Å²) in [6.07, 6.45) is 1.02. The molecule has 1 saturated heterocycles. The van der Waals surface area contributed by atoms with E-state index in [1.807, 2.05) is 0 Å². The lowest BCUT2D eigenvalue weighted by atomic mass is 10.2. The molecule has 8 heteroatoms. The number of aliphatic hydroxyl groups excluding tert-OH is 1. The van der Waals surface area contributed by atoms with Crippen molar-refractivity contribution in [3.05, 3.63) is 18.0 Å². The van der Waals surface area contributed by atoms with Gasteiger partial charge in [-0.2, -0.15) is 5.10 Å². The summed E-state index contributed by atoms with van der Waals surface area (Å²) in [7, 11) is 1.77. The van der Waals surface area contributed by atoms with Crippen molar-refractivity contribution < 1.29 is 19.8 Å². The molecular weight excluding hydrogens is 252 g/mol. The van der Waals surface area contributed by atoms with E-state index >= 15 is 0 Å². The van der Waals surface area contributed by atoms with Gasteiger partial charge in [-0.1, -0.05) is 0 Å². The van der Waals surface area contributed by atoms with E-state index in [1.165, 1.54) is 0 Å². The van der Waals surface area contributed by atoms with Crippen LogP contribution >= 0.6 is 0 Å². The molecule has 0 radical (unpaired) electrons. The summed E-state index contributed by atoms with van der Waals surface area (Å²) in [6.45, 7) is 0.254. The smallest absolute Gasteiger partial charge is 0.326 e. The van der Waals surface area contributed by atoms with Crippen LogP contribution in [0.15, 0.2) is 12.3 Å². The summed E-state index contributed by atoms with van der Waals surface area (Å²) in [5, 5.41) is 25.1. The highest BCUT2D eigenvalue weighted by molar-refractivity contribution is 5.83. The third-order valence-corrected chi connectivity index (χ3v) is 3.01. The van der Waals surface area contributed by atoms with Crippen molar-refractivity contribution in [2.45, 2.75) is 25.1 Å². The molecule has 0 spiro atoms. The third kappa shape index (κ3) is 3.02. The SMILES string of the molecule is Cn1ccc(CNC(=O)N2C[C@H](O)C[C@H]2C(=O)O)n1. The van der Waals surface area contributed by atoms with Crippen LogP contribution < -0.4 is 5.32 Å². The lowest BCUT2D eigenvalue weighted by molar-refractivity contribution is -0.141. The van der Waals surface area contributed by atoms with Crippen molar-refractivity contribution in [3.8, 4) is 0 Å². The van der Waals surface area contributed by atoms with Crippen LogP contribution in [0.2, 0.25) is 0 Å². The Balaban J connectivity index is 1.93. The van der Waals surface area contributed by atoms with Crippen LogP contribution in [0.4, 0.5) is 4.79 Å². The molecule has 19 heavy (non-hydrogen) atoms. The average molecular weight is 268 g/mol. The number of amides is 2. The van der Waals surface area contributed by atoms with Crippen molar-refractivity contribution in [2.24, 2.45) is 7.05 Å². The summed E-state index contributed by atoms with van der Waals surface area (Å²) in [6, 6.07) is 0.279. The molecule has 0 bridgehead atoms. The number of aliphatic hydroxyl groups is 1. The van der Waals surface area contributed by atoms with Crippen molar-refractivity contribution in [1.82, 2.24) is 20.0 Å². The van der Waals surface area contributed by atoms with Crippen LogP contribution in [0.25, 0.3) is 0 Å². The highest BCUT2D eigenvalue weighted by Gasteiger charge is 2.38. The van der Waals surface area contributed by atoms with E-state index < -0.39 is 24.1 Å². The fourth-order valence-corrected chi connectivity index (χ4v) is 2.10. The molecule has 1 aromatic heterocycles. The minimum Gasteiger partial charge on any atom is -0.480 e. The molecule has 3 N–H and O–H groups in total. The van der Waals surface area contributed by atoms with E-state index in [1.54, 1.807) is 24.0 Å². The molecule has 0 unspecified atom stereocenters. The maximum atomic E-state index is 11.9. The second-order valence-corrected chi connectivity index (χ2v) is 4.54. The number of carboxylic acids is 1. The Morgan fingerprint density at radius 2 is 2.32 bits per heavy atom. The highest BCUT2D eigenvalue weighted by Crippen LogP contribution is 2.18. The fourth-order valence-electron chi connectivity index (χ4n) is 2.10. The number of β-amino-alcohol motifs (C(OH)–C–C–N with tert-alkyl or cyclic N) is 1. The number of urea groups is 1. The summed E-state index contributed by atoms with van der Waals surface area (Å²) >= 11 is 0. The van der Waals surface area contributed by atoms with Crippen molar-refractivity contribution in [3.63, 3.8) is 0 Å². The third-order valence-electron chi connectivity index (χ3n) is 3.01. The molecule has 8 nitrogen and oxygen atoms in total. The number of hydrogen-bond donors (Lipinski definition) is 3. The molecule has 2 atom stereocenters. The van der Waals surface area contributed by atoms with Crippen molar-refractivity contribution >= 4 is 12.0 Å². The molecular formula is C11H16N4O4. The first-order chi connectivity index (χ1) is 8.97. The number of aryl methyl sites for hydroxylation is 1. The lowest BCUT2D eigenvalue weighted by Gasteiger charge is -2.21. The van der Waals surface area contributed by atoms with Crippen molar-refractivity contribution in [1.29, 1.82) is 0 Å². The van der Waals surface area contributed by atoms with E-state index in [4.69, 9.17) is 5.11 Å². The molecule has 2 amide bonds. The van der Waals surface area contributed by atoms with Crippen LogP contribution in [0.3, 0.4) is 0 Å². The van der Waals surface area contributed by atoms with Crippen LogP contribution in [0, 0.1) is 0 Å². The average Bonchev–Trinajstić information content (AvgIpc) is 2.92. The highest BCUT2D eigenvalue weighted by atomic mass is 16.4. The van der Waals surface area contributed by atoms with E-state index in [-0.39, 0.29) is 19.5 Å². The molecule has 104 valence electrons. The first-order valence-electron chi connectivity index (χ1n) is 5.91. The normalized spacial score (nSPS) is 22.5. The van der Waals surface area contributed by atoms with Crippen molar-refractivity contribution in [2.75, 3.05) is 6.54 Å². The summed E-state index contributed by atoms with van der Waals surface area (Å²) in [5.41, 5.74) is 0.683. The van der Waals surface area contributed by atoms with Gasteiger partial charge in [0.25, 0.3) is 0 Å². The Morgan fingerprint density at radius 1 is 1.58 bits per heavy atom. The lowest BCUT2D eigenvalue weighted by Crippen LogP contribution is -2.46. The Morgan fingerprint density at radius 3 is 2.89 bits per heavy atom. The van der Waals surface area contributed by atoms with Crippen LogP contribution in [0.1, 0.15) is 12.1 Å². The minimum atomic E-state index is -1.11. The molecule has 1 aliphatic rings. The zero-order valence-corrected chi connectivity index (χ0v) is 10.5. The zero-order valence-electron chi connectivity index (χ0n) is 10.5. The Kier molecular flexibility index (Phi) is 3.70. The standard InChI is InChI=1S/C11H16N4O4/c1-14-3-2-7(13-14)5-12-11(19)15-6-8(16)4-9(15)10(17)18/h2-3,8-9,16H,4-6H2,1H3,(H,12,19)(H,17,18)/t8-,9+/m1/s1. The van der Waals surface area contributed by atoms with Crippen LogP contribution in [-0.4, -0.2) is 55.6 Å². The molecule has 2 rings (SSSR count). The molecule has 1 aliphatic heterocycles. The predicted molar refractivity (Wildman–Crippen MR) is 64.2 cm³/mol. The number of carbonyl (C=O) groups excluding carboxylic acids is 1. The second kappa shape index (κ2) is 5.27. The first kappa shape index (κ1) is 13.3. The monoisotopic (exact) mass is 268 g/mol. The number of hydrogen-bond acceptors (Lipinski definition) is 4. The largest absolute Gasteiger partial charge is 0.480 e. The van der Waals surface area contributed by atoms with E-state index in [0.29, 0.717) is 5.69 Å². The van der Waals surface area contributed by atoms with Gasteiger partial charge < -0.3 is 20.4 Å². The number of rotatable bonds is 3. The van der Waals surface area contributed by atoms with Gasteiger partial charge in [0.05, 0.1) is 18.3 Å². The first-order valence-corrected chi connectivity index (χ1v) is 5.91. The fraction of sp³-hybridized carbons (Fsp3) is 0.545. The Bertz CT molecular complexity index is 487. The molecule has 0 aromatic carbocycles. The van der Waals surface area contributed by atoms with Gasteiger partial charge in [0, 0.05) is 26.2 Å². The van der Waals surface area contributed by atoms with Gasteiger partial charge >= 0.3 is 12.0 Å². The number of nitrogens with zero attached hydrogens (tertiary/aromatic N) is 3. The summed E-state index contributed by atoms with van der Waals surface area (Å²) in [5.74, 6) is -1.11. The number of carboxylic acid groups (broad SMARTS) is 1. The number of aromatic nitrogens is 2. The minimum absolute atomic E-state index is 0.0328. The van der Waals surface area contributed by atoms with Gasteiger partial charge in [0.1, 0.15) is 6.04 Å². The van der Waals surface area contributed by atoms with Gasteiger partial charge in [-0.15, -0.1) is 0 Å². The molecule has 2 heterocycles. The maximum absolute atomic E-state index is 11.9. The predicted octanol–water partition coefficient (Wildman–Crippen LogP) is -0.850. The quantitative estimate of drug-likeness (QED) is 0.662. The number of carbonyl (C=O) groups is 2. The van der Waals surface area contributed by atoms with Crippen LogP contribution in [-0.2, 0) is 18.4 Å². The summed E-state index contributed by atoms with van der Waals surface area (Å²) in [4.78, 5) is 24.0. The maximum Gasteiger partial charge on any atom is 0.326 e. The number of aliphatic carboxylic acids is 1. The van der Waals surface area contributed by atoms with Gasteiger partial charge in [0.15, 0.2) is 0 Å². The van der Waals surface area contributed by atoms with Gasteiger partial charge in [-0.3, -0.25) is 4.68 Å². The molecule has 1 aromatic rings. The van der Waals surface area contributed by atoms with Gasteiger partial charge in [0.2, 0.25) is 0 Å². The molecule has 0 saturated carbocycles.